The summed E-state index contributed by atoms with van der Waals surface area (Å²) in [6, 6.07) is 0. The zero-order valence-electron chi connectivity index (χ0n) is 7.86. The molecule has 0 aliphatic rings. The molecule has 0 aliphatic carbocycles. The van der Waals surface area contributed by atoms with Gasteiger partial charge in [-0.1, -0.05) is 12.2 Å². The van der Waals surface area contributed by atoms with Gasteiger partial charge in [0.25, 0.3) is 0 Å². The molecule has 0 aromatic carbocycles. The standard InChI is InChI=1S/C10H12O4/c1-3-4-5-8(10(13)14)6-7(2)9(11)12/h3,5-6H,1,4H2,2H3,(H,11,12)(H,13,14). The third-order valence-electron chi connectivity index (χ3n) is 1.46. The normalized spacial score (nSPS) is 12.4. The van der Waals surface area contributed by atoms with Crippen LogP contribution in [0.25, 0.3) is 0 Å². The second-order valence-corrected chi connectivity index (χ2v) is 2.62. The van der Waals surface area contributed by atoms with Crippen molar-refractivity contribution in [3.63, 3.8) is 0 Å². The minimum Gasteiger partial charge on any atom is -0.478 e. The molecule has 2 N–H and O–H groups in total. The van der Waals surface area contributed by atoms with Gasteiger partial charge in [-0.2, -0.15) is 0 Å². The third kappa shape index (κ3) is 4.25. The summed E-state index contributed by atoms with van der Waals surface area (Å²) in [6.07, 6.45) is 4.45. The van der Waals surface area contributed by atoms with Gasteiger partial charge in [0, 0.05) is 5.57 Å². The Morgan fingerprint density at radius 3 is 2.21 bits per heavy atom. The minimum atomic E-state index is -1.15. The van der Waals surface area contributed by atoms with Crippen molar-refractivity contribution in [3.05, 3.63) is 36.0 Å². The molecule has 0 rings (SSSR count). The molecular weight excluding hydrogens is 184 g/mol. The summed E-state index contributed by atoms with van der Waals surface area (Å²) in [4.78, 5) is 21.0. The van der Waals surface area contributed by atoms with Crippen molar-refractivity contribution < 1.29 is 19.8 Å². The maximum atomic E-state index is 10.6. The molecular formula is C10H12O4. The lowest BCUT2D eigenvalue weighted by Gasteiger charge is -1.96. The monoisotopic (exact) mass is 196 g/mol. The third-order valence-corrected chi connectivity index (χ3v) is 1.46. The van der Waals surface area contributed by atoms with Crippen LogP contribution in [0.1, 0.15) is 13.3 Å². The molecule has 0 atom stereocenters. The fourth-order valence-electron chi connectivity index (χ4n) is 0.713. The van der Waals surface area contributed by atoms with E-state index in [-0.39, 0.29) is 11.1 Å². The van der Waals surface area contributed by atoms with Gasteiger partial charge in [0.2, 0.25) is 0 Å². The van der Waals surface area contributed by atoms with Crippen LogP contribution in [0.3, 0.4) is 0 Å². The second-order valence-electron chi connectivity index (χ2n) is 2.62. The van der Waals surface area contributed by atoms with Crippen molar-refractivity contribution in [1.29, 1.82) is 0 Å². The van der Waals surface area contributed by atoms with Crippen molar-refractivity contribution in [2.75, 3.05) is 0 Å². The molecule has 76 valence electrons. The first-order chi connectivity index (χ1) is 6.49. The number of carbonyl (C=O) groups is 2. The molecule has 0 aromatic heterocycles. The van der Waals surface area contributed by atoms with Crippen LogP contribution in [0.2, 0.25) is 0 Å². The average molecular weight is 196 g/mol. The largest absolute Gasteiger partial charge is 0.478 e. The predicted octanol–water partition coefficient (Wildman–Crippen LogP) is 1.60. The molecule has 4 nitrogen and oxygen atoms in total. The van der Waals surface area contributed by atoms with Gasteiger partial charge < -0.3 is 10.2 Å². The molecule has 0 saturated carbocycles. The van der Waals surface area contributed by atoms with E-state index in [1.807, 2.05) is 0 Å². The lowest BCUT2D eigenvalue weighted by Crippen LogP contribution is -2.02. The van der Waals surface area contributed by atoms with Crippen LogP contribution in [-0.2, 0) is 9.59 Å². The van der Waals surface area contributed by atoms with E-state index in [9.17, 15) is 9.59 Å². The van der Waals surface area contributed by atoms with Gasteiger partial charge in [0.15, 0.2) is 0 Å². The number of carboxylic acids is 2. The Morgan fingerprint density at radius 2 is 1.86 bits per heavy atom. The lowest BCUT2D eigenvalue weighted by molar-refractivity contribution is -0.132. The molecule has 14 heavy (non-hydrogen) atoms. The zero-order chi connectivity index (χ0) is 11.1. The smallest absolute Gasteiger partial charge is 0.335 e. The minimum absolute atomic E-state index is 0.0114. The Hall–Kier alpha value is -1.84. The molecule has 0 fully saturated rings. The molecule has 0 aromatic rings. The first-order valence-electron chi connectivity index (χ1n) is 3.95. The van der Waals surface area contributed by atoms with E-state index in [2.05, 4.69) is 6.58 Å². The van der Waals surface area contributed by atoms with Crippen molar-refractivity contribution in [2.24, 2.45) is 0 Å². The summed E-state index contributed by atoms with van der Waals surface area (Å²) >= 11 is 0. The van der Waals surface area contributed by atoms with Gasteiger partial charge in [-0.15, -0.1) is 6.58 Å². The number of allylic oxidation sites excluding steroid dienone is 2. The number of aliphatic carboxylic acids is 2. The molecule has 0 amide bonds. The van der Waals surface area contributed by atoms with Crippen LogP contribution in [0.15, 0.2) is 36.0 Å². The van der Waals surface area contributed by atoms with E-state index in [4.69, 9.17) is 10.2 Å². The van der Waals surface area contributed by atoms with Crippen LogP contribution in [-0.4, -0.2) is 22.2 Å². The van der Waals surface area contributed by atoms with E-state index in [0.717, 1.165) is 6.08 Å². The maximum Gasteiger partial charge on any atom is 0.335 e. The Kier molecular flexibility index (Phi) is 4.99. The molecule has 4 heteroatoms. The van der Waals surface area contributed by atoms with Crippen molar-refractivity contribution in [3.8, 4) is 0 Å². The van der Waals surface area contributed by atoms with Gasteiger partial charge in [0.05, 0.1) is 5.57 Å². The van der Waals surface area contributed by atoms with E-state index in [1.54, 1.807) is 0 Å². The van der Waals surface area contributed by atoms with Crippen LogP contribution in [0, 0.1) is 0 Å². The topological polar surface area (TPSA) is 74.6 Å². The van der Waals surface area contributed by atoms with Crippen molar-refractivity contribution >= 4 is 11.9 Å². The summed E-state index contributed by atoms with van der Waals surface area (Å²) in [6.45, 7) is 4.77. The fourth-order valence-corrected chi connectivity index (χ4v) is 0.713. The maximum absolute atomic E-state index is 10.6. The Balaban J connectivity index is 4.86. The summed E-state index contributed by atoms with van der Waals surface area (Å²) in [5, 5.41) is 17.2. The lowest BCUT2D eigenvalue weighted by atomic mass is 10.1. The number of carboxylic acid groups (broad SMARTS) is 2. The SMILES string of the molecule is C=CCC=C(C=C(C)C(=O)O)C(=O)O. The Bertz CT molecular complexity index is 310. The average Bonchev–Trinajstić information content (AvgIpc) is 2.10. The van der Waals surface area contributed by atoms with E-state index < -0.39 is 11.9 Å². The molecule has 0 spiro atoms. The number of rotatable bonds is 5. The second kappa shape index (κ2) is 5.75. The summed E-state index contributed by atoms with van der Waals surface area (Å²) in [5.41, 5.74) is -0.0486. The fraction of sp³-hybridized carbons (Fsp3) is 0.200. The highest BCUT2D eigenvalue weighted by molar-refractivity contribution is 5.94. The number of hydrogen-bond acceptors (Lipinski definition) is 2. The van der Waals surface area contributed by atoms with Gasteiger partial charge >= 0.3 is 11.9 Å². The van der Waals surface area contributed by atoms with Crippen molar-refractivity contribution in [1.82, 2.24) is 0 Å². The van der Waals surface area contributed by atoms with E-state index in [1.165, 1.54) is 19.1 Å². The number of hydrogen-bond donors (Lipinski definition) is 2. The van der Waals surface area contributed by atoms with Crippen LogP contribution in [0.4, 0.5) is 0 Å². The van der Waals surface area contributed by atoms with E-state index >= 15 is 0 Å². The van der Waals surface area contributed by atoms with Gasteiger partial charge in [-0.25, -0.2) is 9.59 Å². The predicted molar refractivity (Wildman–Crippen MR) is 51.9 cm³/mol. The molecule has 0 unspecified atom stereocenters. The zero-order valence-corrected chi connectivity index (χ0v) is 7.86. The van der Waals surface area contributed by atoms with Crippen LogP contribution >= 0.6 is 0 Å². The summed E-state index contributed by atoms with van der Waals surface area (Å²) < 4.78 is 0. The highest BCUT2D eigenvalue weighted by Crippen LogP contribution is 2.04. The summed E-state index contributed by atoms with van der Waals surface area (Å²) in [5.74, 6) is -2.27. The first kappa shape index (κ1) is 12.2. The van der Waals surface area contributed by atoms with Crippen LogP contribution in [0.5, 0.6) is 0 Å². The quantitative estimate of drug-likeness (QED) is 0.398. The molecule has 0 aliphatic heterocycles. The molecule has 0 saturated heterocycles. The Labute approximate surface area is 81.9 Å². The first-order valence-corrected chi connectivity index (χ1v) is 3.95. The molecule has 0 radical (unpaired) electrons. The van der Waals surface area contributed by atoms with Gasteiger partial charge in [0.1, 0.15) is 0 Å². The van der Waals surface area contributed by atoms with E-state index in [0.29, 0.717) is 6.42 Å². The highest BCUT2D eigenvalue weighted by Gasteiger charge is 2.06. The highest BCUT2D eigenvalue weighted by atomic mass is 16.4. The van der Waals surface area contributed by atoms with Gasteiger partial charge in [-0.3, -0.25) is 0 Å². The van der Waals surface area contributed by atoms with Gasteiger partial charge in [-0.05, 0) is 19.4 Å². The van der Waals surface area contributed by atoms with Crippen LogP contribution < -0.4 is 0 Å². The van der Waals surface area contributed by atoms with Crippen molar-refractivity contribution in [2.45, 2.75) is 13.3 Å². The summed E-state index contributed by atoms with van der Waals surface area (Å²) in [7, 11) is 0. The molecule has 0 heterocycles. The Morgan fingerprint density at radius 1 is 1.29 bits per heavy atom. The molecule has 0 bridgehead atoms.